The maximum atomic E-state index is 4.76. The van der Waals surface area contributed by atoms with Crippen LogP contribution >= 0.6 is 0 Å². The van der Waals surface area contributed by atoms with Crippen LogP contribution in [0.4, 0.5) is 11.6 Å². The Bertz CT molecular complexity index is 443. The van der Waals surface area contributed by atoms with Crippen molar-refractivity contribution in [2.75, 3.05) is 23.8 Å². The van der Waals surface area contributed by atoms with Crippen molar-refractivity contribution in [2.24, 2.45) is 5.92 Å². The summed E-state index contributed by atoms with van der Waals surface area (Å²) in [6.07, 6.45) is 3.12. The molecule has 0 radical (unpaired) electrons. The lowest BCUT2D eigenvalue weighted by molar-refractivity contribution is 0.501. The Hall–Kier alpha value is -1.32. The number of rotatable bonds is 8. The van der Waals surface area contributed by atoms with E-state index in [1.165, 1.54) is 6.42 Å². The lowest BCUT2D eigenvalue weighted by Crippen LogP contribution is -2.32. The van der Waals surface area contributed by atoms with Crippen molar-refractivity contribution in [2.45, 2.75) is 66.8 Å². The van der Waals surface area contributed by atoms with E-state index in [4.69, 9.17) is 4.98 Å². The summed E-state index contributed by atoms with van der Waals surface area (Å²) in [6.45, 7) is 14.1. The van der Waals surface area contributed by atoms with E-state index in [1.807, 2.05) is 0 Å². The van der Waals surface area contributed by atoms with Crippen LogP contribution in [0.2, 0.25) is 0 Å². The van der Waals surface area contributed by atoms with Gasteiger partial charge in [-0.3, -0.25) is 0 Å². The molecule has 1 aromatic rings. The molecule has 21 heavy (non-hydrogen) atoms. The smallest absolute Gasteiger partial charge is 0.137 e. The molecule has 1 atom stereocenters. The summed E-state index contributed by atoms with van der Waals surface area (Å²) in [5.74, 6) is 3.65. The average molecular weight is 292 g/mol. The highest BCUT2D eigenvalue weighted by Crippen LogP contribution is 2.26. The number of aryl methyl sites for hydroxylation is 1. The Balaban J connectivity index is 3.09. The summed E-state index contributed by atoms with van der Waals surface area (Å²) in [7, 11) is 2.14. The number of anilines is 2. The number of hydrogen-bond donors (Lipinski definition) is 1. The van der Waals surface area contributed by atoms with Crippen molar-refractivity contribution in [3.63, 3.8) is 0 Å². The first-order valence-corrected chi connectivity index (χ1v) is 8.24. The predicted molar refractivity (Wildman–Crippen MR) is 92.2 cm³/mol. The summed E-state index contributed by atoms with van der Waals surface area (Å²) in [5.41, 5.74) is 1.15. The average Bonchev–Trinajstić information content (AvgIpc) is 2.44. The Kier molecular flexibility index (Phi) is 6.93. The van der Waals surface area contributed by atoms with Crippen molar-refractivity contribution >= 4 is 11.6 Å². The van der Waals surface area contributed by atoms with Gasteiger partial charge >= 0.3 is 0 Å². The second kappa shape index (κ2) is 8.20. The van der Waals surface area contributed by atoms with Gasteiger partial charge in [0.05, 0.1) is 0 Å². The molecule has 0 fully saturated rings. The monoisotopic (exact) mass is 292 g/mol. The Labute approximate surface area is 130 Å². The largest absolute Gasteiger partial charge is 0.370 e. The second-order valence-corrected chi connectivity index (χ2v) is 6.31. The van der Waals surface area contributed by atoms with Gasteiger partial charge in [-0.1, -0.05) is 27.7 Å². The fourth-order valence-corrected chi connectivity index (χ4v) is 2.52. The molecule has 120 valence electrons. The van der Waals surface area contributed by atoms with E-state index < -0.39 is 0 Å². The van der Waals surface area contributed by atoms with Gasteiger partial charge < -0.3 is 10.2 Å². The van der Waals surface area contributed by atoms with E-state index in [0.29, 0.717) is 12.0 Å². The van der Waals surface area contributed by atoms with Gasteiger partial charge in [0.1, 0.15) is 17.5 Å². The van der Waals surface area contributed by atoms with Crippen molar-refractivity contribution in [3.8, 4) is 0 Å². The Morgan fingerprint density at radius 2 is 1.81 bits per heavy atom. The SMILES string of the molecule is CCCNc1nc(CC)nc(N(C)C(C)CC(C)C)c1C. The number of aromatic nitrogens is 2. The van der Waals surface area contributed by atoms with E-state index in [1.54, 1.807) is 0 Å². The van der Waals surface area contributed by atoms with Crippen LogP contribution in [0.25, 0.3) is 0 Å². The van der Waals surface area contributed by atoms with Crippen molar-refractivity contribution < 1.29 is 0 Å². The Morgan fingerprint density at radius 1 is 1.14 bits per heavy atom. The first-order chi connectivity index (χ1) is 9.90. The van der Waals surface area contributed by atoms with E-state index in [0.717, 1.165) is 42.4 Å². The molecule has 1 N–H and O–H groups in total. The van der Waals surface area contributed by atoms with Crippen LogP contribution in [0, 0.1) is 12.8 Å². The third-order valence-electron chi connectivity index (χ3n) is 3.83. The number of hydrogen-bond acceptors (Lipinski definition) is 4. The fourth-order valence-electron chi connectivity index (χ4n) is 2.52. The van der Waals surface area contributed by atoms with E-state index in [9.17, 15) is 0 Å². The molecule has 4 heteroatoms. The molecule has 0 saturated carbocycles. The minimum absolute atomic E-state index is 0.474. The maximum absolute atomic E-state index is 4.76. The summed E-state index contributed by atoms with van der Waals surface area (Å²) < 4.78 is 0. The molecule has 0 amide bonds. The zero-order chi connectivity index (χ0) is 16.0. The molecule has 0 aliphatic carbocycles. The topological polar surface area (TPSA) is 41.1 Å². The highest BCUT2D eigenvalue weighted by molar-refractivity contribution is 5.58. The van der Waals surface area contributed by atoms with Crippen LogP contribution < -0.4 is 10.2 Å². The van der Waals surface area contributed by atoms with Gasteiger partial charge in [-0.2, -0.15) is 0 Å². The van der Waals surface area contributed by atoms with Crippen molar-refractivity contribution in [1.29, 1.82) is 0 Å². The normalized spacial score (nSPS) is 12.6. The lowest BCUT2D eigenvalue weighted by Gasteiger charge is -2.29. The molecule has 0 aromatic carbocycles. The maximum Gasteiger partial charge on any atom is 0.137 e. The van der Waals surface area contributed by atoms with Gasteiger partial charge in [0.2, 0.25) is 0 Å². The summed E-state index contributed by atoms with van der Waals surface area (Å²) in [5, 5.41) is 3.43. The highest BCUT2D eigenvalue weighted by Gasteiger charge is 2.18. The molecule has 0 spiro atoms. The first kappa shape index (κ1) is 17.7. The summed E-state index contributed by atoms with van der Waals surface area (Å²) in [6, 6.07) is 0.474. The van der Waals surface area contributed by atoms with Gasteiger partial charge in [-0.05, 0) is 32.6 Å². The van der Waals surface area contributed by atoms with Gasteiger partial charge in [-0.15, -0.1) is 0 Å². The van der Waals surface area contributed by atoms with E-state index >= 15 is 0 Å². The zero-order valence-electron chi connectivity index (χ0n) is 14.8. The molecule has 0 aliphatic heterocycles. The lowest BCUT2D eigenvalue weighted by atomic mass is 10.0. The second-order valence-electron chi connectivity index (χ2n) is 6.31. The molecule has 0 saturated heterocycles. The van der Waals surface area contributed by atoms with Crippen LogP contribution in [0.5, 0.6) is 0 Å². The standard InChI is InChI=1S/C17H32N4/c1-8-10-18-16-14(6)17(20-15(9-2)19-16)21(7)13(5)11-12(3)4/h12-13H,8-11H2,1-7H3,(H,18,19,20). The quantitative estimate of drug-likeness (QED) is 0.785. The first-order valence-electron chi connectivity index (χ1n) is 8.24. The number of nitrogens with zero attached hydrogens (tertiary/aromatic N) is 3. The van der Waals surface area contributed by atoms with Crippen LogP contribution in [0.1, 0.15) is 58.8 Å². The van der Waals surface area contributed by atoms with Crippen LogP contribution in [0.15, 0.2) is 0 Å². The molecule has 0 aliphatic rings. The highest BCUT2D eigenvalue weighted by atomic mass is 15.2. The minimum Gasteiger partial charge on any atom is -0.370 e. The van der Waals surface area contributed by atoms with Gasteiger partial charge in [0, 0.05) is 31.6 Å². The molecule has 0 bridgehead atoms. The summed E-state index contributed by atoms with van der Waals surface area (Å²) >= 11 is 0. The van der Waals surface area contributed by atoms with Gasteiger partial charge in [-0.25, -0.2) is 9.97 Å². The van der Waals surface area contributed by atoms with Gasteiger partial charge in [0.25, 0.3) is 0 Å². The molecular weight excluding hydrogens is 260 g/mol. The third kappa shape index (κ3) is 4.87. The number of nitrogens with one attached hydrogen (secondary N) is 1. The van der Waals surface area contributed by atoms with Gasteiger partial charge in [0.15, 0.2) is 0 Å². The van der Waals surface area contributed by atoms with Crippen LogP contribution in [-0.2, 0) is 6.42 Å². The third-order valence-corrected chi connectivity index (χ3v) is 3.83. The summed E-state index contributed by atoms with van der Waals surface area (Å²) in [4.78, 5) is 11.7. The predicted octanol–water partition coefficient (Wildman–Crippen LogP) is 4.04. The van der Waals surface area contributed by atoms with Crippen LogP contribution in [-0.4, -0.2) is 29.6 Å². The minimum atomic E-state index is 0.474. The molecule has 1 aromatic heterocycles. The van der Waals surface area contributed by atoms with Crippen molar-refractivity contribution in [1.82, 2.24) is 9.97 Å². The fraction of sp³-hybridized carbons (Fsp3) is 0.765. The van der Waals surface area contributed by atoms with Crippen LogP contribution in [0.3, 0.4) is 0 Å². The van der Waals surface area contributed by atoms with E-state index in [-0.39, 0.29) is 0 Å². The molecule has 4 nitrogen and oxygen atoms in total. The van der Waals surface area contributed by atoms with E-state index in [2.05, 4.69) is 63.8 Å². The molecule has 1 unspecified atom stereocenters. The molecule has 1 rings (SSSR count). The molecular formula is C17H32N4. The molecule has 1 heterocycles. The van der Waals surface area contributed by atoms with Crippen molar-refractivity contribution in [3.05, 3.63) is 11.4 Å². The zero-order valence-corrected chi connectivity index (χ0v) is 14.8. The Morgan fingerprint density at radius 3 is 2.33 bits per heavy atom.